The smallest absolute Gasteiger partial charge is 0.160 e. The number of hydrogen-bond donors (Lipinski definition) is 1. The number of hydrogen-bond acceptors (Lipinski definition) is 5. The summed E-state index contributed by atoms with van der Waals surface area (Å²) in [5, 5.41) is 14.8. The maximum absolute atomic E-state index is 9.89. The first-order valence-corrected chi connectivity index (χ1v) is 10.3. The van der Waals surface area contributed by atoms with Gasteiger partial charge in [-0.1, -0.05) is 26.8 Å². The average Bonchev–Trinajstić information content (AvgIpc) is 3.24. The fourth-order valence-corrected chi connectivity index (χ4v) is 4.83. The quantitative estimate of drug-likeness (QED) is 0.730. The predicted octanol–water partition coefficient (Wildman–Crippen LogP) is 4.00. The van der Waals surface area contributed by atoms with Gasteiger partial charge in [0, 0.05) is 48.3 Å². The van der Waals surface area contributed by atoms with Gasteiger partial charge in [0.25, 0.3) is 0 Å². The maximum atomic E-state index is 9.89. The zero-order chi connectivity index (χ0) is 20.3. The second-order valence-corrected chi connectivity index (χ2v) is 9.34. The molecule has 2 atom stereocenters. The van der Waals surface area contributed by atoms with E-state index in [9.17, 15) is 5.11 Å². The van der Waals surface area contributed by atoms with Crippen LogP contribution < -0.4 is 4.74 Å². The number of phenolic OH excluding ortho intramolecular Hbond substituents is 1. The van der Waals surface area contributed by atoms with Crippen molar-refractivity contribution in [3.05, 3.63) is 53.0 Å². The Morgan fingerprint density at radius 3 is 2.79 bits per heavy atom. The van der Waals surface area contributed by atoms with Gasteiger partial charge in [-0.25, -0.2) is 9.50 Å². The number of rotatable bonds is 3. The molecule has 1 fully saturated rings. The molecule has 0 saturated carbocycles. The molecule has 2 aromatic heterocycles. The SMILES string of the molecule is COc1cc(CN2[C@@H]3CC[C@H]2c2cnc4cc(C(C)(C)C)nn4c2C3)ccc1O. The lowest BCUT2D eigenvalue weighted by Gasteiger charge is -2.36. The van der Waals surface area contributed by atoms with Crippen molar-refractivity contribution >= 4 is 5.65 Å². The third kappa shape index (κ3) is 2.97. The highest BCUT2D eigenvalue weighted by Gasteiger charge is 2.41. The molecule has 0 unspecified atom stereocenters. The summed E-state index contributed by atoms with van der Waals surface area (Å²) in [6.07, 6.45) is 5.39. The lowest BCUT2D eigenvalue weighted by atomic mass is 9.93. The number of nitrogens with zero attached hydrogens (tertiary/aromatic N) is 4. The van der Waals surface area contributed by atoms with Crippen LogP contribution in [0.1, 0.15) is 62.2 Å². The van der Waals surface area contributed by atoms with E-state index < -0.39 is 0 Å². The molecular formula is C23H28N4O2. The molecule has 0 amide bonds. The molecule has 1 N–H and O–H groups in total. The number of benzene rings is 1. The highest BCUT2D eigenvalue weighted by molar-refractivity contribution is 5.46. The van der Waals surface area contributed by atoms with Gasteiger partial charge in [0.05, 0.1) is 18.5 Å². The third-order valence-electron chi connectivity index (χ3n) is 6.42. The maximum Gasteiger partial charge on any atom is 0.160 e. The van der Waals surface area contributed by atoms with Crippen molar-refractivity contribution in [3.63, 3.8) is 0 Å². The van der Waals surface area contributed by atoms with Gasteiger partial charge < -0.3 is 9.84 Å². The zero-order valence-electron chi connectivity index (χ0n) is 17.5. The highest BCUT2D eigenvalue weighted by atomic mass is 16.5. The van der Waals surface area contributed by atoms with Crippen LogP contribution in [0, 0.1) is 0 Å². The minimum absolute atomic E-state index is 0.0121. The molecule has 1 aromatic carbocycles. The second kappa shape index (κ2) is 6.46. The van der Waals surface area contributed by atoms with Gasteiger partial charge in [0.1, 0.15) is 0 Å². The van der Waals surface area contributed by atoms with Gasteiger partial charge in [-0.2, -0.15) is 5.10 Å². The van der Waals surface area contributed by atoms with E-state index in [-0.39, 0.29) is 11.2 Å². The van der Waals surface area contributed by atoms with E-state index in [1.807, 2.05) is 12.1 Å². The molecule has 4 heterocycles. The van der Waals surface area contributed by atoms with Gasteiger partial charge in [-0.05, 0) is 30.5 Å². The first-order chi connectivity index (χ1) is 13.8. The fraction of sp³-hybridized carbons (Fsp3) is 0.478. The summed E-state index contributed by atoms with van der Waals surface area (Å²) < 4.78 is 7.37. The lowest BCUT2D eigenvalue weighted by Crippen LogP contribution is -2.38. The summed E-state index contributed by atoms with van der Waals surface area (Å²) in [7, 11) is 1.59. The Labute approximate surface area is 171 Å². The van der Waals surface area contributed by atoms with Gasteiger partial charge in [0.15, 0.2) is 17.1 Å². The van der Waals surface area contributed by atoms with Crippen molar-refractivity contribution in [2.24, 2.45) is 0 Å². The predicted molar refractivity (Wildman–Crippen MR) is 111 cm³/mol. The van der Waals surface area contributed by atoms with Crippen LogP contribution in [0.2, 0.25) is 0 Å². The number of ether oxygens (including phenoxy) is 1. The molecule has 2 aliphatic heterocycles. The van der Waals surface area contributed by atoms with Gasteiger partial charge in [-0.3, -0.25) is 4.90 Å². The van der Waals surface area contributed by atoms with Crippen LogP contribution in [-0.4, -0.2) is 37.8 Å². The van der Waals surface area contributed by atoms with Crippen molar-refractivity contribution in [3.8, 4) is 11.5 Å². The van der Waals surface area contributed by atoms with E-state index in [2.05, 4.69) is 42.4 Å². The van der Waals surface area contributed by atoms with Crippen molar-refractivity contribution in [2.75, 3.05) is 7.11 Å². The monoisotopic (exact) mass is 392 g/mol. The van der Waals surface area contributed by atoms with E-state index in [0.717, 1.165) is 36.3 Å². The summed E-state index contributed by atoms with van der Waals surface area (Å²) in [6.45, 7) is 7.42. The van der Waals surface area contributed by atoms with Crippen LogP contribution in [-0.2, 0) is 18.4 Å². The standard InChI is InChI=1S/C23H28N4O2/c1-23(2,3)21-11-22-24-12-16-17-7-6-15(10-18(16)27(22)25-21)26(17)13-14-5-8-19(28)20(9-14)29-4/h5,8-9,11-12,15,17,28H,6-7,10,13H2,1-4H3/t15-,17+/m1/s1. The fourth-order valence-electron chi connectivity index (χ4n) is 4.83. The topological polar surface area (TPSA) is 62.9 Å². The number of methoxy groups -OCH3 is 1. The molecule has 0 spiro atoms. The van der Waals surface area contributed by atoms with Gasteiger partial charge in [-0.15, -0.1) is 0 Å². The Morgan fingerprint density at radius 1 is 1.21 bits per heavy atom. The largest absolute Gasteiger partial charge is 0.504 e. The molecule has 5 rings (SSSR count). The van der Waals surface area contributed by atoms with Crippen LogP contribution in [0.15, 0.2) is 30.5 Å². The van der Waals surface area contributed by atoms with Crippen LogP contribution in [0.25, 0.3) is 5.65 Å². The Bertz CT molecular complexity index is 1080. The molecule has 6 heteroatoms. The molecule has 0 radical (unpaired) electrons. The molecule has 1 saturated heterocycles. The Balaban J connectivity index is 1.50. The molecule has 2 aliphatic rings. The van der Waals surface area contributed by atoms with Crippen LogP contribution >= 0.6 is 0 Å². The van der Waals surface area contributed by atoms with Crippen molar-refractivity contribution in [1.29, 1.82) is 0 Å². The number of aromatic nitrogens is 3. The lowest BCUT2D eigenvalue weighted by molar-refractivity contribution is 0.165. The van der Waals surface area contributed by atoms with E-state index in [1.54, 1.807) is 13.2 Å². The first kappa shape index (κ1) is 18.4. The average molecular weight is 393 g/mol. The first-order valence-electron chi connectivity index (χ1n) is 10.3. The number of phenols is 1. The van der Waals surface area contributed by atoms with Gasteiger partial charge >= 0.3 is 0 Å². The summed E-state index contributed by atoms with van der Waals surface area (Å²) in [5.41, 5.74) is 5.83. The Morgan fingerprint density at radius 2 is 2.03 bits per heavy atom. The summed E-state index contributed by atoms with van der Waals surface area (Å²) in [6, 6.07) is 8.63. The Kier molecular flexibility index (Phi) is 4.10. The molecule has 6 nitrogen and oxygen atoms in total. The molecule has 3 aromatic rings. The van der Waals surface area contributed by atoms with E-state index in [1.165, 1.54) is 17.7 Å². The van der Waals surface area contributed by atoms with Crippen LogP contribution in [0.5, 0.6) is 11.5 Å². The van der Waals surface area contributed by atoms with Crippen molar-refractivity contribution in [1.82, 2.24) is 19.5 Å². The normalized spacial score (nSPS) is 21.5. The molecule has 29 heavy (non-hydrogen) atoms. The summed E-state index contributed by atoms with van der Waals surface area (Å²) in [5.74, 6) is 0.713. The minimum atomic E-state index is 0.0121. The molecule has 152 valence electrons. The molecule has 2 bridgehead atoms. The van der Waals surface area contributed by atoms with Crippen LogP contribution in [0.4, 0.5) is 0 Å². The summed E-state index contributed by atoms with van der Waals surface area (Å²) >= 11 is 0. The zero-order valence-corrected chi connectivity index (χ0v) is 17.5. The third-order valence-corrected chi connectivity index (χ3v) is 6.42. The van der Waals surface area contributed by atoms with E-state index >= 15 is 0 Å². The highest BCUT2D eigenvalue weighted by Crippen LogP contribution is 2.44. The molecule has 0 aliphatic carbocycles. The second-order valence-electron chi connectivity index (χ2n) is 9.34. The van der Waals surface area contributed by atoms with Gasteiger partial charge in [0.2, 0.25) is 0 Å². The number of fused-ring (bicyclic) bond motifs is 6. The number of aromatic hydroxyl groups is 1. The van der Waals surface area contributed by atoms with E-state index in [4.69, 9.17) is 14.8 Å². The summed E-state index contributed by atoms with van der Waals surface area (Å²) in [4.78, 5) is 7.33. The van der Waals surface area contributed by atoms with Crippen molar-refractivity contribution < 1.29 is 9.84 Å². The minimum Gasteiger partial charge on any atom is -0.504 e. The van der Waals surface area contributed by atoms with E-state index in [0.29, 0.717) is 17.8 Å². The Hall–Kier alpha value is -2.60. The van der Waals surface area contributed by atoms with Crippen LogP contribution in [0.3, 0.4) is 0 Å². The van der Waals surface area contributed by atoms with Crippen molar-refractivity contribution in [2.45, 2.75) is 64.1 Å². The molecular weight excluding hydrogens is 364 g/mol.